The standard InChI is InChI=1S/C20H22N2O/c1-19(2,3)20(4)21-17(15-11-7-5-8-12-15)23-18(22-20)16-13-9-6-10-14-16/h5-14H,1-4H3. The summed E-state index contributed by atoms with van der Waals surface area (Å²) in [5.74, 6) is 1.24. The van der Waals surface area contributed by atoms with Crippen LogP contribution in [0.2, 0.25) is 0 Å². The number of aliphatic imine (C=N–C) groups is 2. The lowest BCUT2D eigenvalue weighted by molar-refractivity contribution is 0.207. The van der Waals surface area contributed by atoms with E-state index >= 15 is 0 Å². The maximum absolute atomic E-state index is 6.05. The summed E-state index contributed by atoms with van der Waals surface area (Å²) >= 11 is 0. The van der Waals surface area contributed by atoms with E-state index in [1.807, 2.05) is 60.7 Å². The molecule has 23 heavy (non-hydrogen) atoms. The topological polar surface area (TPSA) is 34.0 Å². The quantitative estimate of drug-likeness (QED) is 0.793. The van der Waals surface area contributed by atoms with Crippen LogP contribution in [-0.4, -0.2) is 17.5 Å². The molecule has 3 rings (SSSR count). The molecule has 1 aliphatic rings. The molecule has 3 nitrogen and oxygen atoms in total. The van der Waals surface area contributed by atoms with Crippen molar-refractivity contribution in [2.24, 2.45) is 15.4 Å². The summed E-state index contributed by atoms with van der Waals surface area (Å²) in [6, 6.07) is 20.0. The summed E-state index contributed by atoms with van der Waals surface area (Å²) in [4.78, 5) is 9.68. The highest BCUT2D eigenvalue weighted by Gasteiger charge is 2.41. The molecule has 1 aliphatic heterocycles. The van der Waals surface area contributed by atoms with Crippen molar-refractivity contribution >= 4 is 11.8 Å². The van der Waals surface area contributed by atoms with Gasteiger partial charge in [0.05, 0.1) is 0 Å². The first-order valence-electron chi connectivity index (χ1n) is 7.87. The maximum Gasteiger partial charge on any atom is 0.226 e. The molecule has 118 valence electrons. The number of hydrogen-bond acceptors (Lipinski definition) is 3. The van der Waals surface area contributed by atoms with Crippen LogP contribution in [0.1, 0.15) is 38.8 Å². The van der Waals surface area contributed by atoms with Crippen LogP contribution in [0.5, 0.6) is 0 Å². The van der Waals surface area contributed by atoms with Crippen molar-refractivity contribution in [1.82, 2.24) is 0 Å². The molecule has 0 unspecified atom stereocenters. The predicted octanol–water partition coefficient (Wildman–Crippen LogP) is 4.67. The molecule has 2 aromatic rings. The second-order valence-electron chi connectivity index (χ2n) is 6.94. The highest BCUT2D eigenvalue weighted by atomic mass is 16.5. The number of rotatable bonds is 2. The minimum Gasteiger partial charge on any atom is -0.420 e. The van der Waals surface area contributed by atoms with Crippen molar-refractivity contribution in [3.63, 3.8) is 0 Å². The van der Waals surface area contributed by atoms with Crippen LogP contribution in [-0.2, 0) is 4.74 Å². The molecule has 0 amide bonds. The number of hydrogen-bond donors (Lipinski definition) is 0. The van der Waals surface area contributed by atoms with Crippen LogP contribution in [0.4, 0.5) is 0 Å². The van der Waals surface area contributed by atoms with Crippen molar-refractivity contribution in [3.05, 3.63) is 71.8 Å². The summed E-state index contributed by atoms with van der Waals surface area (Å²) in [7, 11) is 0. The average Bonchev–Trinajstić information content (AvgIpc) is 2.55. The predicted molar refractivity (Wildman–Crippen MR) is 94.9 cm³/mol. The van der Waals surface area contributed by atoms with Gasteiger partial charge >= 0.3 is 0 Å². The van der Waals surface area contributed by atoms with E-state index in [2.05, 4.69) is 27.7 Å². The summed E-state index contributed by atoms with van der Waals surface area (Å²) in [5.41, 5.74) is 1.22. The molecular formula is C20H22N2O. The van der Waals surface area contributed by atoms with Gasteiger partial charge in [0.2, 0.25) is 11.8 Å². The third-order valence-corrected chi connectivity index (χ3v) is 4.29. The lowest BCUT2D eigenvalue weighted by Gasteiger charge is -2.38. The van der Waals surface area contributed by atoms with Gasteiger partial charge < -0.3 is 4.74 Å². The smallest absolute Gasteiger partial charge is 0.226 e. The van der Waals surface area contributed by atoms with E-state index in [0.29, 0.717) is 11.8 Å². The summed E-state index contributed by atoms with van der Waals surface area (Å²) in [5, 5.41) is 0. The fourth-order valence-corrected chi connectivity index (χ4v) is 2.30. The highest BCUT2D eigenvalue weighted by Crippen LogP contribution is 2.38. The molecule has 0 aromatic heterocycles. The first kappa shape index (κ1) is 15.5. The van der Waals surface area contributed by atoms with Gasteiger partial charge in [0.25, 0.3) is 0 Å². The van der Waals surface area contributed by atoms with E-state index in [1.165, 1.54) is 0 Å². The third kappa shape index (κ3) is 3.04. The first-order valence-corrected chi connectivity index (χ1v) is 7.87. The van der Waals surface area contributed by atoms with Gasteiger partial charge in [-0.2, -0.15) is 0 Å². The molecule has 0 N–H and O–H groups in total. The van der Waals surface area contributed by atoms with Gasteiger partial charge in [-0.15, -0.1) is 0 Å². The van der Waals surface area contributed by atoms with E-state index < -0.39 is 5.66 Å². The van der Waals surface area contributed by atoms with Gasteiger partial charge in [-0.1, -0.05) is 57.2 Å². The van der Waals surface area contributed by atoms with E-state index in [0.717, 1.165) is 11.1 Å². The summed E-state index contributed by atoms with van der Waals surface area (Å²) in [6.07, 6.45) is 0. The SMILES string of the molecule is CC(C)(C)C1(C)N=C(c2ccccc2)OC(c2ccccc2)=N1. The molecule has 0 saturated heterocycles. The third-order valence-electron chi connectivity index (χ3n) is 4.29. The van der Waals surface area contributed by atoms with E-state index in [-0.39, 0.29) is 5.41 Å². The monoisotopic (exact) mass is 306 g/mol. The molecule has 0 spiro atoms. The van der Waals surface area contributed by atoms with Gasteiger partial charge in [-0.05, 0) is 31.2 Å². The Hall–Kier alpha value is -2.42. The minimum absolute atomic E-state index is 0.128. The van der Waals surface area contributed by atoms with Gasteiger partial charge in [0.15, 0.2) is 5.66 Å². The molecule has 1 heterocycles. The summed E-state index contributed by atoms with van der Waals surface area (Å²) < 4.78 is 6.05. The van der Waals surface area contributed by atoms with Crippen molar-refractivity contribution in [2.45, 2.75) is 33.4 Å². The maximum atomic E-state index is 6.05. The number of nitrogens with zero attached hydrogens (tertiary/aromatic N) is 2. The van der Waals surface area contributed by atoms with Crippen molar-refractivity contribution in [2.75, 3.05) is 0 Å². The Kier molecular flexibility index (Phi) is 3.80. The van der Waals surface area contributed by atoms with Gasteiger partial charge in [-0.3, -0.25) is 0 Å². The molecule has 0 bridgehead atoms. The van der Waals surface area contributed by atoms with E-state index in [4.69, 9.17) is 14.7 Å². The van der Waals surface area contributed by atoms with E-state index in [1.54, 1.807) is 0 Å². The molecular weight excluding hydrogens is 284 g/mol. The molecule has 0 atom stereocenters. The first-order chi connectivity index (χ1) is 10.9. The molecule has 0 fully saturated rings. The fraction of sp³-hybridized carbons (Fsp3) is 0.300. The lowest BCUT2D eigenvalue weighted by atomic mass is 9.82. The van der Waals surface area contributed by atoms with E-state index in [9.17, 15) is 0 Å². The van der Waals surface area contributed by atoms with Gasteiger partial charge in [-0.25, -0.2) is 9.98 Å². The van der Waals surface area contributed by atoms with Crippen LogP contribution in [0.15, 0.2) is 70.6 Å². The van der Waals surface area contributed by atoms with Crippen LogP contribution < -0.4 is 0 Å². The Morgan fingerprint density at radius 1 is 0.739 bits per heavy atom. The molecule has 3 heteroatoms. The largest absolute Gasteiger partial charge is 0.420 e. The Labute approximate surface area is 137 Å². The number of ether oxygens (including phenoxy) is 1. The van der Waals surface area contributed by atoms with Crippen molar-refractivity contribution < 1.29 is 4.74 Å². The summed E-state index contributed by atoms with van der Waals surface area (Å²) in [6.45, 7) is 8.50. The second-order valence-corrected chi connectivity index (χ2v) is 6.94. The van der Waals surface area contributed by atoms with Crippen LogP contribution in [0.25, 0.3) is 0 Å². The normalized spacial score (nSPS) is 17.0. The Balaban J connectivity index is 2.10. The van der Waals surface area contributed by atoms with Gasteiger partial charge in [0.1, 0.15) is 0 Å². The number of benzene rings is 2. The Morgan fingerprint density at radius 3 is 1.48 bits per heavy atom. The zero-order valence-corrected chi connectivity index (χ0v) is 14.1. The molecule has 0 saturated carbocycles. The van der Waals surface area contributed by atoms with Crippen LogP contribution in [0.3, 0.4) is 0 Å². The lowest BCUT2D eigenvalue weighted by Crippen LogP contribution is -2.42. The minimum atomic E-state index is -0.582. The van der Waals surface area contributed by atoms with Crippen LogP contribution >= 0.6 is 0 Å². The highest BCUT2D eigenvalue weighted by molar-refractivity contribution is 6.08. The average molecular weight is 306 g/mol. The van der Waals surface area contributed by atoms with Crippen molar-refractivity contribution in [3.8, 4) is 0 Å². The molecule has 2 aromatic carbocycles. The molecule has 0 aliphatic carbocycles. The zero-order valence-electron chi connectivity index (χ0n) is 14.1. The van der Waals surface area contributed by atoms with Crippen LogP contribution in [0, 0.1) is 5.41 Å². The Bertz CT molecular complexity index is 685. The van der Waals surface area contributed by atoms with Gasteiger partial charge in [0, 0.05) is 16.5 Å². The fourth-order valence-electron chi connectivity index (χ4n) is 2.30. The zero-order chi connectivity index (χ0) is 16.5. The van der Waals surface area contributed by atoms with Crippen molar-refractivity contribution in [1.29, 1.82) is 0 Å². The molecule has 0 radical (unpaired) electrons. The Morgan fingerprint density at radius 2 is 1.13 bits per heavy atom. The second kappa shape index (κ2) is 5.65.